The van der Waals surface area contributed by atoms with E-state index in [-0.39, 0.29) is 0 Å². The van der Waals surface area contributed by atoms with E-state index in [1.54, 1.807) is 5.56 Å². The molecule has 2 rings (SSSR count). The largest absolute Gasteiger partial charge is 0.316 e. The lowest BCUT2D eigenvalue weighted by Crippen LogP contribution is -2.37. The van der Waals surface area contributed by atoms with E-state index in [0.29, 0.717) is 0 Å². The Labute approximate surface area is 125 Å². The maximum atomic E-state index is 3.64. The molecule has 0 saturated heterocycles. The van der Waals surface area contributed by atoms with Gasteiger partial charge in [-0.1, -0.05) is 31.5 Å². The molecule has 0 aliphatic heterocycles. The number of hydrogen-bond donors (Lipinski definition) is 1. The predicted molar refractivity (Wildman–Crippen MR) is 88.3 cm³/mol. The normalized spacial score (nSPS) is 22.1. The van der Waals surface area contributed by atoms with E-state index >= 15 is 0 Å². The second-order valence-electron chi connectivity index (χ2n) is 7.23. The van der Waals surface area contributed by atoms with Crippen LogP contribution in [0.15, 0.2) is 12.1 Å². The minimum absolute atomic E-state index is 0.759. The lowest BCUT2D eigenvalue weighted by atomic mass is 9.70. The molecule has 1 N–H and O–H groups in total. The van der Waals surface area contributed by atoms with Crippen LogP contribution in [-0.4, -0.2) is 13.1 Å². The third-order valence-electron chi connectivity index (χ3n) is 4.84. The molecular weight excluding hydrogens is 242 g/mol. The molecule has 1 aliphatic rings. The van der Waals surface area contributed by atoms with Gasteiger partial charge >= 0.3 is 0 Å². The molecule has 2 atom stereocenters. The molecule has 112 valence electrons. The highest BCUT2D eigenvalue weighted by Crippen LogP contribution is 2.37. The maximum absolute atomic E-state index is 3.64. The minimum atomic E-state index is 0.759. The summed E-state index contributed by atoms with van der Waals surface area (Å²) in [4.78, 5) is 0. The van der Waals surface area contributed by atoms with Gasteiger partial charge < -0.3 is 5.32 Å². The van der Waals surface area contributed by atoms with Crippen LogP contribution in [0.1, 0.15) is 48.9 Å². The summed E-state index contributed by atoms with van der Waals surface area (Å²) in [5.74, 6) is 2.55. The number of nitrogens with one attached hydrogen (secondary N) is 1. The van der Waals surface area contributed by atoms with Crippen LogP contribution in [-0.2, 0) is 6.42 Å². The fourth-order valence-corrected chi connectivity index (χ4v) is 3.53. The molecule has 1 aromatic carbocycles. The van der Waals surface area contributed by atoms with Crippen molar-refractivity contribution in [2.24, 2.45) is 17.8 Å². The van der Waals surface area contributed by atoms with Crippen molar-refractivity contribution in [3.8, 4) is 0 Å². The Morgan fingerprint density at radius 3 is 2.15 bits per heavy atom. The first-order valence-electron chi connectivity index (χ1n) is 8.24. The summed E-state index contributed by atoms with van der Waals surface area (Å²) in [5.41, 5.74) is 5.98. The fourth-order valence-electron chi connectivity index (χ4n) is 3.53. The second kappa shape index (κ2) is 6.76. The van der Waals surface area contributed by atoms with Gasteiger partial charge in [-0.2, -0.15) is 0 Å². The quantitative estimate of drug-likeness (QED) is 0.808. The standard InChI is InChI=1S/C19H31N/c1-13(2)11-20-12-18-7-6-17(18)10-19-15(4)8-14(3)9-16(19)5/h8-9,13,17-18,20H,6-7,10-12H2,1-5H3. The second-order valence-corrected chi connectivity index (χ2v) is 7.23. The highest BCUT2D eigenvalue weighted by Gasteiger charge is 2.30. The summed E-state index contributed by atoms with van der Waals surface area (Å²) in [7, 11) is 0. The Morgan fingerprint density at radius 1 is 1.05 bits per heavy atom. The Morgan fingerprint density at radius 2 is 1.65 bits per heavy atom. The van der Waals surface area contributed by atoms with Crippen LogP contribution >= 0.6 is 0 Å². The third-order valence-corrected chi connectivity index (χ3v) is 4.84. The molecule has 1 aliphatic carbocycles. The average molecular weight is 273 g/mol. The third kappa shape index (κ3) is 3.85. The van der Waals surface area contributed by atoms with Crippen molar-refractivity contribution in [3.05, 3.63) is 34.4 Å². The summed E-state index contributed by atoms with van der Waals surface area (Å²) >= 11 is 0. The molecule has 20 heavy (non-hydrogen) atoms. The Kier molecular flexibility index (Phi) is 5.26. The molecule has 1 heteroatoms. The van der Waals surface area contributed by atoms with Gasteiger partial charge in [-0.3, -0.25) is 0 Å². The Hall–Kier alpha value is -0.820. The molecule has 0 heterocycles. The smallest absolute Gasteiger partial charge is 0.00176 e. The van der Waals surface area contributed by atoms with Crippen molar-refractivity contribution >= 4 is 0 Å². The number of benzene rings is 1. The molecule has 1 aromatic rings. The van der Waals surface area contributed by atoms with Gasteiger partial charge in [-0.05, 0) is 87.6 Å². The van der Waals surface area contributed by atoms with Crippen LogP contribution in [0.4, 0.5) is 0 Å². The topological polar surface area (TPSA) is 12.0 Å². The zero-order valence-corrected chi connectivity index (χ0v) is 13.9. The summed E-state index contributed by atoms with van der Waals surface area (Å²) < 4.78 is 0. The Bertz CT molecular complexity index is 424. The molecular formula is C19H31N. The van der Waals surface area contributed by atoms with Crippen molar-refractivity contribution in [2.75, 3.05) is 13.1 Å². The van der Waals surface area contributed by atoms with Crippen molar-refractivity contribution in [1.29, 1.82) is 0 Å². The molecule has 1 nitrogen and oxygen atoms in total. The highest BCUT2D eigenvalue weighted by molar-refractivity contribution is 5.38. The van der Waals surface area contributed by atoms with Crippen molar-refractivity contribution < 1.29 is 0 Å². The van der Waals surface area contributed by atoms with E-state index < -0.39 is 0 Å². The van der Waals surface area contributed by atoms with Gasteiger partial charge in [0.05, 0.1) is 0 Å². The van der Waals surface area contributed by atoms with E-state index in [1.165, 1.54) is 42.5 Å². The van der Waals surface area contributed by atoms with E-state index in [0.717, 1.165) is 24.3 Å². The molecule has 0 radical (unpaired) electrons. The van der Waals surface area contributed by atoms with Gasteiger partial charge in [-0.25, -0.2) is 0 Å². The number of rotatable bonds is 6. The van der Waals surface area contributed by atoms with Gasteiger partial charge in [0.1, 0.15) is 0 Å². The van der Waals surface area contributed by atoms with Crippen LogP contribution in [0.2, 0.25) is 0 Å². The summed E-state index contributed by atoms with van der Waals surface area (Å²) in [6.07, 6.45) is 4.12. The summed E-state index contributed by atoms with van der Waals surface area (Å²) in [6, 6.07) is 4.68. The monoisotopic (exact) mass is 273 g/mol. The van der Waals surface area contributed by atoms with Crippen LogP contribution in [0, 0.1) is 38.5 Å². The average Bonchev–Trinajstić information content (AvgIpc) is 2.31. The zero-order valence-electron chi connectivity index (χ0n) is 13.9. The predicted octanol–water partition coefficient (Wildman–Crippen LogP) is 4.43. The Balaban J connectivity index is 1.90. The van der Waals surface area contributed by atoms with Gasteiger partial charge in [0, 0.05) is 0 Å². The van der Waals surface area contributed by atoms with Gasteiger partial charge in [0.2, 0.25) is 0 Å². The maximum Gasteiger partial charge on any atom is -0.00176 e. The van der Waals surface area contributed by atoms with E-state index in [1.807, 2.05) is 0 Å². The summed E-state index contributed by atoms with van der Waals surface area (Å²) in [6.45, 7) is 13.7. The fraction of sp³-hybridized carbons (Fsp3) is 0.684. The first-order valence-corrected chi connectivity index (χ1v) is 8.24. The lowest BCUT2D eigenvalue weighted by molar-refractivity contribution is 0.169. The molecule has 1 fully saturated rings. The molecule has 0 spiro atoms. The molecule has 2 unspecified atom stereocenters. The number of hydrogen-bond acceptors (Lipinski definition) is 1. The van der Waals surface area contributed by atoms with Crippen molar-refractivity contribution in [2.45, 2.75) is 53.9 Å². The molecule has 0 amide bonds. The van der Waals surface area contributed by atoms with Crippen molar-refractivity contribution in [3.63, 3.8) is 0 Å². The highest BCUT2D eigenvalue weighted by atomic mass is 14.9. The summed E-state index contributed by atoms with van der Waals surface area (Å²) in [5, 5.41) is 3.64. The van der Waals surface area contributed by atoms with E-state index in [2.05, 4.69) is 52.1 Å². The van der Waals surface area contributed by atoms with Crippen LogP contribution in [0.25, 0.3) is 0 Å². The van der Waals surface area contributed by atoms with Crippen LogP contribution < -0.4 is 5.32 Å². The molecule has 1 saturated carbocycles. The van der Waals surface area contributed by atoms with Crippen LogP contribution in [0.5, 0.6) is 0 Å². The first kappa shape index (κ1) is 15.6. The van der Waals surface area contributed by atoms with Crippen molar-refractivity contribution in [1.82, 2.24) is 5.32 Å². The van der Waals surface area contributed by atoms with Crippen LogP contribution in [0.3, 0.4) is 0 Å². The zero-order chi connectivity index (χ0) is 14.7. The molecule has 0 bridgehead atoms. The first-order chi connectivity index (χ1) is 9.47. The van der Waals surface area contributed by atoms with Gasteiger partial charge in [0.15, 0.2) is 0 Å². The van der Waals surface area contributed by atoms with E-state index in [4.69, 9.17) is 0 Å². The van der Waals surface area contributed by atoms with Gasteiger partial charge in [0.25, 0.3) is 0 Å². The van der Waals surface area contributed by atoms with E-state index in [9.17, 15) is 0 Å². The SMILES string of the molecule is Cc1cc(C)c(CC2CCC2CNCC(C)C)c(C)c1. The minimum Gasteiger partial charge on any atom is -0.316 e. The molecule has 0 aromatic heterocycles. The number of aryl methyl sites for hydroxylation is 3. The lowest BCUT2D eigenvalue weighted by Gasteiger charge is -2.38. The van der Waals surface area contributed by atoms with Gasteiger partial charge in [-0.15, -0.1) is 0 Å².